The van der Waals surface area contributed by atoms with Crippen LogP contribution < -0.4 is 5.32 Å². The molecule has 1 N–H and O–H groups in total. The van der Waals surface area contributed by atoms with Crippen molar-refractivity contribution in [2.24, 2.45) is 0 Å². The van der Waals surface area contributed by atoms with Gasteiger partial charge in [-0.2, -0.15) is 0 Å². The molecule has 4 saturated carbocycles. The van der Waals surface area contributed by atoms with Crippen LogP contribution >= 0.6 is 0 Å². The maximum atomic E-state index is 13.4. The van der Waals surface area contributed by atoms with Gasteiger partial charge in [-0.15, -0.1) is 0 Å². The van der Waals surface area contributed by atoms with Crippen LogP contribution in [0.4, 0.5) is 0 Å². The third-order valence-corrected chi connectivity index (χ3v) is 8.69. The second-order valence-electron chi connectivity index (χ2n) is 10.3. The molecule has 0 aromatic carbocycles. The minimum absolute atomic E-state index is 0.0207. The van der Waals surface area contributed by atoms with Crippen molar-refractivity contribution in [1.82, 2.24) is 10.5 Å². The summed E-state index contributed by atoms with van der Waals surface area (Å²) < 4.78 is 17.8. The third-order valence-electron chi connectivity index (χ3n) is 8.69. The van der Waals surface area contributed by atoms with Crippen molar-refractivity contribution in [2.75, 3.05) is 7.11 Å². The Bertz CT molecular complexity index is 777. The number of esters is 1. The Hall–Kier alpha value is -1.40. The van der Waals surface area contributed by atoms with Crippen molar-refractivity contribution < 1.29 is 18.8 Å². The largest absolute Gasteiger partial charge is 0.459 e. The molecule has 4 aliphatic carbocycles. The molecule has 6 fully saturated rings. The first kappa shape index (κ1) is 18.4. The number of carbonyl (C=O) groups excluding carboxylic acids is 1. The Morgan fingerprint density at radius 2 is 1.69 bits per heavy atom. The van der Waals surface area contributed by atoms with Crippen LogP contribution in [0.3, 0.4) is 0 Å². The highest BCUT2D eigenvalue weighted by Crippen LogP contribution is 2.56. The van der Waals surface area contributed by atoms with E-state index in [2.05, 4.69) is 10.5 Å². The van der Waals surface area contributed by atoms with Gasteiger partial charge in [-0.1, -0.05) is 5.16 Å². The number of aromatic nitrogens is 1. The number of fused-ring (bicyclic) bond motifs is 5. The van der Waals surface area contributed by atoms with Gasteiger partial charge in [0.15, 0.2) is 5.76 Å². The van der Waals surface area contributed by atoms with Gasteiger partial charge >= 0.3 is 5.97 Å². The monoisotopic (exact) mass is 400 g/mol. The molecule has 29 heavy (non-hydrogen) atoms. The molecule has 1 aromatic rings. The standard InChI is InChI=1S/C23H32N2O4/c1-27-23-9-6-22(7-10-23,8-11-23)20-18(19(29-25-20)14-2-3-14)21(26)28-17-12-15-4-5-16(13-17)24-15/h14-17,24H,2-13H2,1H3/t15-,16+,17+,22?,23?. The summed E-state index contributed by atoms with van der Waals surface area (Å²) in [5.74, 6) is 0.966. The fourth-order valence-corrected chi connectivity index (χ4v) is 6.61. The Kier molecular flexibility index (Phi) is 4.15. The first-order chi connectivity index (χ1) is 14.1. The lowest BCUT2D eigenvalue weighted by Gasteiger charge is -2.52. The first-order valence-electron chi connectivity index (χ1n) is 11.6. The third kappa shape index (κ3) is 2.97. The highest BCUT2D eigenvalue weighted by atomic mass is 16.5. The van der Waals surface area contributed by atoms with Gasteiger partial charge in [0.05, 0.1) is 5.60 Å². The predicted octanol–water partition coefficient (Wildman–Crippen LogP) is 3.98. The van der Waals surface area contributed by atoms with Crippen molar-refractivity contribution >= 4 is 5.97 Å². The van der Waals surface area contributed by atoms with Gasteiger partial charge < -0.3 is 19.3 Å². The summed E-state index contributed by atoms with van der Waals surface area (Å²) in [5, 5.41) is 8.17. The van der Waals surface area contributed by atoms with E-state index in [1.165, 1.54) is 12.8 Å². The molecule has 2 aliphatic heterocycles. The van der Waals surface area contributed by atoms with Crippen LogP contribution in [0.2, 0.25) is 0 Å². The maximum absolute atomic E-state index is 13.4. The van der Waals surface area contributed by atoms with Crippen LogP contribution in [-0.4, -0.2) is 42.0 Å². The van der Waals surface area contributed by atoms with Crippen molar-refractivity contribution in [3.63, 3.8) is 0 Å². The molecular formula is C23H32N2O4. The molecule has 6 nitrogen and oxygen atoms in total. The summed E-state index contributed by atoms with van der Waals surface area (Å²) in [6, 6.07) is 1.02. The topological polar surface area (TPSA) is 73.6 Å². The number of hydrogen-bond donors (Lipinski definition) is 1. The molecule has 2 saturated heterocycles. The molecule has 7 rings (SSSR count). The van der Waals surface area contributed by atoms with E-state index < -0.39 is 0 Å². The Balaban J connectivity index is 1.28. The van der Waals surface area contributed by atoms with Gasteiger partial charge in [-0.3, -0.25) is 0 Å². The minimum atomic E-state index is -0.182. The number of hydrogen-bond acceptors (Lipinski definition) is 6. The zero-order valence-electron chi connectivity index (χ0n) is 17.4. The number of nitrogens with one attached hydrogen (secondary N) is 1. The average molecular weight is 401 g/mol. The van der Waals surface area contributed by atoms with Gasteiger partial charge in [-0.05, 0) is 77.0 Å². The molecular weight excluding hydrogens is 368 g/mol. The van der Waals surface area contributed by atoms with E-state index in [-0.39, 0.29) is 23.1 Å². The van der Waals surface area contributed by atoms with Gasteiger partial charge in [0.2, 0.25) is 0 Å². The summed E-state index contributed by atoms with van der Waals surface area (Å²) in [7, 11) is 1.84. The number of piperidine rings is 1. The quantitative estimate of drug-likeness (QED) is 0.754. The van der Waals surface area contributed by atoms with Crippen LogP contribution in [0.25, 0.3) is 0 Å². The smallest absolute Gasteiger partial charge is 0.344 e. The molecule has 0 radical (unpaired) electrons. The molecule has 4 bridgehead atoms. The summed E-state index contributed by atoms with van der Waals surface area (Å²) in [6.07, 6.45) is 12.7. The van der Waals surface area contributed by atoms with E-state index in [0.717, 1.165) is 75.7 Å². The number of methoxy groups -OCH3 is 1. The highest BCUT2D eigenvalue weighted by molar-refractivity contribution is 5.92. The molecule has 3 heterocycles. The molecule has 0 spiro atoms. The van der Waals surface area contributed by atoms with E-state index in [1.54, 1.807) is 0 Å². The first-order valence-corrected chi connectivity index (χ1v) is 11.6. The molecule has 6 heteroatoms. The highest BCUT2D eigenvalue weighted by Gasteiger charge is 2.53. The number of carbonyl (C=O) groups is 1. The molecule has 0 unspecified atom stereocenters. The fraction of sp³-hybridized carbons (Fsp3) is 0.826. The van der Waals surface area contributed by atoms with Crippen LogP contribution in [0.5, 0.6) is 0 Å². The fourth-order valence-electron chi connectivity index (χ4n) is 6.61. The lowest BCUT2D eigenvalue weighted by molar-refractivity contribution is -0.0967. The lowest BCUT2D eigenvalue weighted by atomic mass is 9.57. The Morgan fingerprint density at radius 3 is 2.28 bits per heavy atom. The predicted molar refractivity (Wildman–Crippen MR) is 106 cm³/mol. The summed E-state index contributed by atoms with van der Waals surface area (Å²) >= 11 is 0. The number of rotatable bonds is 5. The summed E-state index contributed by atoms with van der Waals surface area (Å²) in [6.45, 7) is 0. The van der Waals surface area contributed by atoms with E-state index in [9.17, 15) is 4.79 Å². The van der Waals surface area contributed by atoms with E-state index in [1.807, 2.05) is 7.11 Å². The van der Waals surface area contributed by atoms with E-state index in [4.69, 9.17) is 14.0 Å². The Morgan fingerprint density at radius 1 is 1.03 bits per heavy atom. The van der Waals surface area contributed by atoms with E-state index in [0.29, 0.717) is 23.6 Å². The second-order valence-corrected chi connectivity index (χ2v) is 10.3. The number of ether oxygens (including phenoxy) is 2. The lowest BCUT2D eigenvalue weighted by Crippen LogP contribution is -2.50. The van der Waals surface area contributed by atoms with Gasteiger partial charge in [0, 0.05) is 30.5 Å². The van der Waals surface area contributed by atoms with Gasteiger partial charge in [0.1, 0.15) is 17.4 Å². The molecule has 3 atom stereocenters. The van der Waals surface area contributed by atoms with Crippen molar-refractivity contribution in [2.45, 2.75) is 112 Å². The second kappa shape index (κ2) is 6.55. The normalized spacial score (nSPS) is 40.9. The van der Waals surface area contributed by atoms with Crippen molar-refractivity contribution in [1.29, 1.82) is 0 Å². The van der Waals surface area contributed by atoms with Crippen molar-refractivity contribution in [3.8, 4) is 0 Å². The van der Waals surface area contributed by atoms with Crippen LogP contribution in [0, 0.1) is 0 Å². The van der Waals surface area contributed by atoms with E-state index >= 15 is 0 Å². The van der Waals surface area contributed by atoms with Gasteiger partial charge in [0.25, 0.3) is 0 Å². The minimum Gasteiger partial charge on any atom is -0.459 e. The zero-order chi connectivity index (χ0) is 19.6. The zero-order valence-corrected chi connectivity index (χ0v) is 17.4. The molecule has 1 aromatic heterocycles. The molecule has 6 aliphatic rings. The molecule has 158 valence electrons. The Labute approximate surface area is 172 Å². The number of nitrogens with zero attached hydrogens (tertiary/aromatic N) is 1. The van der Waals surface area contributed by atoms with Crippen LogP contribution in [0.1, 0.15) is 105 Å². The van der Waals surface area contributed by atoms with Crippen LogP contribution in [0.15, 0.2) is 4.52 Å². The molecule has 0 amide bonds. The SMILES string of the molecule is COC12CCC(c3noc(C4CC4)c3C(=O)O[C@H]3C[C@H]4CC[C@@H](C3)N4)(CC1)CC2. The van der Waals surface area contributed by atoms with Crippen molar-refractivity contribution in [3.05, 3.63) is 17.0 Å². The van der Waals surface area contributed by atoms with Crippen LogP contribution in [-0.2, 0) is 14.9 Å². The summed E-state index contributed by atoms with van der Waals surface area (Å²) in [4.78, 5) is 13.4. The van der Waals surface area contributed by atoms with Gasteiger partial charge in [-0.25, -0.2) is 4.79 Å². The average Bonchev–Trinajstić information content (AvgIpc) is 3.40. The summed E-state index contributed by atoms with van der Waals surface area (Å²) in [5.41, 5.74) is 1.58. The maximum Gasteiger partial charge on any atom is 0.344 e.